The molecular formula is C15H19F3N2O3. The van der Waals surface area contributed by atoms with Gasteiger partial charge in [-0.05, 0) is 18.6 Å². The maximum Gasteiger partial charge on any atom is 0.418 e. The summed E-state index contributed by atoms with van der Waals surface area (Å²) in [6, 6.07) is 6.83. The summed E-state index contributed by atoms with van der Waals surface area (Å²) in [5.41, 5.74) is -1.72. The number of likely N-dealkylation sites (tertiary alicyclic amines) is 1. The molecule has 1 unspecified atom stereocenters. The van der Waals surface area contributed by atoms with E-state index in [1.165, 1.54) is 12.0 Å². The quantitative estimate of drug-likeness (QED) is 0.899. The predicted octanol–water partition coefficient (Wildman–Crippen LogP) is 2.29. The molecule has 5 nitrogen and oxygen atoms in total. The average molecular weight is 332 g/mol. The van der Waals surface area contributed by atoms with Crippen molar-refractivity contribution in [1.82, 2.24) is 4.90 Å². The topological polar surface area (TPSA) is 50.8 Å². The Morgan fingerprint density at radius 2 is 2.04 bits per heavy atom. The second-order valence-electron chi connectivity index (χ2n) is 5.41. The third kappa shape index (κ3) is 3.76. The fourth-order valence-electron chi connectivity index (χ4n) is 2.65. The highest BCUT2D eigenvalue weighted by molar-refractivity contribution is 5.93. The SMILES string of the molecule is COc1ccccc1NC(=O)CN1CCC(OC)(C(F)(F)F)C1. The van der Waals surface area contributed by atoms with E-state index < -0.39 is 17.7 Å². The first kappa shape index (κ1) is 17.6. The lowest BCUT2D eigenvalue weighted by Crippen LogP contribution is -2.49. The number of nitrogens with one attached hydrogen (secondary N) is 1. The van der Waals surface area contributed by atoms with E-state index in [9.17, 15) is 18.0 Å². The smallest absolute Gasteiger partial charge is 0.418 e. The third-order valence-corrected chi connectivity index (χ3v) is 3.97. The fourth-order valence-corrected chi connectivity index (χ4v) is 2.65. The van der Waals surface area contributed by atoms with Gasteiger partial charge in [0.05, 0.1) is 19.3 Å². The molecule has 1 heterocycles. The molecule has 23 heavy (non-hydrogen) atoms. The van der Waals surface area contributed by atoms with E-state index in [2.05, 4.69) is 5.32 Å². The molecule has 1 aromatic carbocycles. The number of methoxy groups -OCH3 is 2. The molecule has 8 heteroatoms. The Kier molecular flexibility index (Phi) is 5.16. The Morgan fingerprint density at radius 3 is 2.61 bits per heavy atom. The summed E-state index contributed by atoms with van der Waals surface area (Å²) < 4.78 is 49.1. The molecule has 2 rings (SSSR count). The van der Waals surface area contributed by atoms with Crippen LogP contribution in [0.4, 0.5) is 18.9 Å². The minimum atomic E-state index is -4.46. The van der Waals surface area contributed by atoms with Crippen molar-refractivity contribution in [3.63, 3.8) is 0 Å². The number of halogens is 3. The molecule has 1 saturated heterocycles. The van der Waals surface area contributed by atoms with Gasteiger partial charge in [-0.1, -0.05) is 12.1 Å². The number of benzene rings is 1. The van der Waals surface area contributed by atoms with E-state index in [0.717, 1.165) is 7.11 Å². The van der Waals surface area contributed by atoms with Gasteiger partial charge in [0.25, 0.3) is 0 Å². The minimum Gasteiger partial charge on any atom is -0.495 e. The van der Waals surface area contributed by atoms with E-state index in [1.807, 2.05) is 0 Å². The predicted molar refractivity (Wildman–Crippen MR) is 78.5 cm³/mol. The molecule has 0 bridgehead atoms. The van der Waals surface area contributed by atoms with E-state index in [-0.39, 0.29) is 26.1 Å². The Hall–Kier alpha value is -1.80. The van der Waals surface area contributed by atoms with Crippen LogP contribution < -0.4 is 10.1 Å². The second-order valence-corrected chi connectivity index (χ2v) is 5.41. The molecule has 128 valence electrons. The standard InChI is InChI=1S/C15H19F3N2O3/c1-22-12-6-4-3-5-11(12)19-13(21)9-20-8-7-14(10-20,23-2)15(16,17)18/h3-6H,7-10H2,1-2H3,(H,19,21). The molecule has 1 atom stereocenters. The first-order chi connectivity index (χ1) is 10.8. The summed E-state index contributed by atoms with van der Waals surface area (Å²) in [6.45, 7) is -0.349. The first-order valence-electron chi connectivity index (χ1n) is 7.08. The lowest BCUT2D eigenvalue weighted by atomic mass is 10.0. The van der Waals surface area contributed by atoms with E-state index in [4.69, 9.17) is 9.47 Å². The van der Waals surface area contributed by atoms with E-state index in [0.29, 0.717) is 11.4 Å². The molecule has 1 aromatic rings. The number of amides is 1. The molecule has 0 spiro atoms. The van der Waals surface area contributed by atoms with Gasteiger partial charge in [-0.15, -0.1) is 0 Å². The molecule has 0 saturated carbocycles. The zero-order chi connectivity index (χ0) is 17.1. The van der Waals surface area contributed by atoms with Gasteiger partial charge in [-0.25, -0.2) is 0 Å². The van der Waals surface area contributed by atoms with Gasteiger partial charge in [0.15, 0.2) is 5.60 Å². The molecule has 1 N–H and O–H groups in total. The lowest BCUT2D eigenvalue weighted by Gasteiger charge is -2.30. The number of carbonyl (C=O) groups excluding carboxylic acids is 1. The Labute approximate surface area is 132 Å². The van der Waals surface area contributed by atoms with Crippen molar-refractivity contribution in [2.45, 2.75) is 18.2 Å². The number of rotatable bonds is 5. The number of hydrogen-bond donors (Lipinski definition) is 1. The van der Waals surface area contributed by atoms with Crippen LogP contribution in [0.2, 0.25) is 0 Å². The van der Waals surface area contributed by atoms with Crippen LogP contribution in [0.25, 0.3) is 0 Å². The van der Waals surface area contributed by atoms with Crippen LogP contribution in [-0.2, 0) is 9.53 Å². The summed E-state index contributed by atoms with van der Waals surface area (Å²) in [5, 5.41) is 2.64. The monoisotopic (exact) mass is 332 g/mol. The first-order valence-corrected chi connectivity index (χ1v) is 7.08. The van der Waals surface area contributed by atoms with E-state index >= 15 is 0 Å². The third-order valence-electron chi connectivity index (χ3n) is 3.97. The maximum absolute atomic E-state index is 13.1. The van der Waals surface area contributed by atoms with Gasteiger partial charge < -0.3 is 14.8 Å². The summed E-state index contributed by atoms with van der Waals surface area (Å²) in [5.74, 6) is 0.0902. The maximum atomic E-state index is 13.1. The van der Waals surface area contributed by atoms with Crippen LogP contribution in [0.15, 0.2) is 24.3 Å². The zero-order valence-corrected chi connectivity index (χ0v) is 12.9. The summed E-state index contributed by atoms with van der Waals surface area (Å²) in [6.07, 6.45) is -4.65. The van der Waals surface area contributed by atoms with Crippen LogP contribution >= 0.6 is 0 Å². The molecule has 1 aliphatic heterocycles. The average Bonchev–Trinajstić information content (AvgIpc) is 2.92. The van der Waals surface area contributed by atoms with Crippen molar-refractivity contribution in [3.05, 3.63) is 24.3 Å². The highest BCUT2D eigenvalue weighted by Gasteiger charge is 2.58. The van der Waals surface area contributed by atoms with Gasteiger partial charge in [0.1, 0.15) is 5.75 Å². The number of nitrogens with zero attached hydrogens (tertiary/aromatic N) is 1. The zero-order valence-electron chi connectivity index (χ0n) is 12.9. The van der Waals surface area contributed by atoms with Crippen molar-refractivity contribution < 1.29 is 27.4 Å². The Balaban J connectivity index is 1.97. The van der Waals surface area contributed by atoms with Crippen LogP contribution in [0, 0.1) is 0 Å². The van der Waals surface area contributed by atoms with E-state index in [1.54, 1.807) is 24.3 Å². The molecule has 1 amide bonds. The van der Waals surface area contributed by atoms with Gasteiger partial charge in [-0.3, -0.25) is 9.69 Å². The van der Waals surface area contributed by atoms with Gasteiger partial charge in [0, 0.05) is 20.2 Å². The number of carbonyl (C=O) groups is 1. The highest BCUT2D eigenvalue weighted by Crippen LogP contribution is 2.40. The Bertz CT molecular complexity index is 565. The van der Waals surface area contributed by atoms with Gasteiger partial charge in [0.2, 0.25) is 5.91 Å². The lowest BCUT2D eigenvalue weighted by molar-refractivity contribution is -0.263. The van der Waals surface area contributed by atoms with Crippen molar-refractivity contribution in [1.29, 1.82) is 0 Å². The van der Waals surface area contributed by atoms with Crippen LogP contribution in [-0.4, -0.2) is 56.4 Å². The normalized spacial score (nSPS) is 22.1. The second kappa shape index (κ2) is 6.76. The number of anilines is 1. The van der Waals surface area contributed by atoms with Crippen molar-refractivity contribution >= 4 is 11.6 Å². The Morgan fingerprint density at radius 1 is 1.35 bits per heavy atom. The number of ether oxygens (including phenoxy) is 2. The minimum absolute atomic E-state index is 0.140. The summed E-state index contributed by atoms with van der Waals surface area (Å²) in [7, 11) is 2.52. The van der Waals surface area contributed by atoms with Gasteiger partial charge in [-0.2, -0.15) is 13.2 Å². The van der Waals surface area contributed by atoms with Crippen LogP contribution in [0.3, 0.4) is 0 Å². The van der Waals surface area contributed by atoms with Crippen LogP contribution in [0.5, 0.6) is 5.75 Å². The molecule has 0 aliphatic carbocycles. The fraction of sp³-hybridized carbons (Fsp3) is 0.533. The molecule has 0 radical (unpaired) electrons. The summed E-state index contributed by atoms with van der Waals surface area (Å²) in [4.78, 5) is 13.5. The molecule has 0 aromatic heterocycles. The number of alkyl halides is 3. The largest absolute Gasteiger partial charge is 0.495 e. The molecule has 1 aliphatic rings. The highest BCUT2D eigenvalue weighted by atomic mass is 19.4. The van der Waals surface area contributed by atoms with Crippen molar-refractivity contribution in [2.24, 2.45) is 0 Å². The van der Waals surface area contributed by atoms with Crippen molar-refractivity contribution in [3.8, 4) is 5.75 Å². The van der Waals surface area contributed by atoms with Crippen molar-refractivity contribution in [2.75, 3.05) is 39.2 Å². The number of para-hydroxylation sites is 2. The van der Waals surface area contributed by atoms with Crippen LogP contribution in [0.1, 0.15) is 6.42 Å². The van der Waals surface area contributed by atoms with Gasteiger partial charge >= 0.3 is 6.18 Å². The molecular weight excluding hydrogens is 313 g/mol. The molecule has 1 fully saturated rings. The number of hydrogen-bond acceptors (Lipinski definition) is 4. The summed E-state index contributed by atoms with van der Waals surface area (Å²) >= 11 is 0.